The highest BCUT2D eigenvalue weighted by Gasteiger charge is 2.53. The Balaban J connectivity index is 1.45. The van der Waals surface area contributed by atoms with Gasteiger partial charge in [0.15, 0.2) is 5.65 Å². The molecule has 1 saturated heterocycles. The second-order valence-corrected chi connectivity index (χ2v) is 8.66. The number of alkyl halides is 3. The highest BCUT2D eigenvalue weighted by Crippen LogP contribution is 2.50. The van der Waals surface area contributed by atoms with Gasteiger partial charge in [0.05, 0.1) is 11.1 Å². The van der Waals surface area contributed by atoms with E-state index in [-0.39, 0.29) is 17.5 Å². The van der Waals surface area contributed by atoms with Gasteiger partial charge < -0.3 is 4.90 Å². The van der Waals surface area contributed by atoms with Crippen molar-refractivity contribution in [2.24, 2.45) is 0 Å². The summed E-state index contributed by atoms with van der Waals surface area (Å²) in [5.74, 6) is -0.147. The number of carbonyl (C=O) groups excluding carboxylic acids is 1. The smallest absolute Gasteiger partial charge is 0.341 e. The van der Waals surface area contributed by atoms with Gasteiger partial charge >= 0.3 is 6.18 Å². The Morgan fingerprint density at radius 2 is 1.90 bits per heavy atom. The number of fused-ring (bicyclic) bond motifs is 1. The van der Waals surface area contributed by atoms with Gasteiger partial charge in [-0.2, -0.15) is 18.3 Å². The molecule has 1 atom stereocenters. The molecule has 0 bridgehead atoms. The zero-order valence-electron chi connectivity index (χ0n) is 17.2. The highest BCUT2D eigenvalue weighted by molar-refractivity contribution is 5.91. The van der Waals surface area contributed by atoms with Crippen LogP contribution in [-0.4, -0.2) is 38.5 Å². The van der Waals surface area contributed by atoms with E-state index in [1.807, 2.05) is 35.2 Å². The predicted octanol–water partition coefficient (Wildman–Crippen LogP) is 4.49. The van der Waals surface area contributed by atoms with Crippen molar-refractivity contribution in [3.8, 4) is 0 Å². The first-order valence-electron chi connectivity index (χ1n) is 10.6. The lowest BCUT2D eigenvalue weighted by Gasteiger charge is -2.35. The van der Waals surface area contributed by atoms with Gasteiger partial charge in [-0.15, -0.1) is 0 Å². The van der Waals surface area contributed by atoms with Gasteiger partial charge in [0.2, 0.25) is 5.91 Å². The molecule has 3 aromatic rings. The van der Waals surface area contributed by atoms with Crippen LogP contribution in [0.5, 0.6) is 0 Å². The first kappa shape index (κ1) is 20.0. The Labute approximate surface area is 177 Å². The summed E-state index contributed by atoms with van der Waals surface area (Å²) >= 11 is 0. The minimum absolute atomic E-state index is 0.0840. The molecule has 2 fully saturated rings. The van der Waals surface area contributed by atoms with Crippen molar-refractivity contribution in [1.82, 2.24) is 19.5 Å². The molecular weight excluding hydrogens is 405 g/mol. The molecule has 0 radical (unpaired) electrons. The average molecular weight is 428 g/mol. The van der Waals surface area contributed by atoms with E-state index in [1.165, 1.54) is 0 Å². The van der Waals surface area contributed by atoms with Crippen molar-refractivity contribution < 1.29 is 18.0 Å². The van der Waals surface area contributed by atoms with E-state index >= 15 is 0 Å². The number of likely N-dealkylation sites (tertiary alicyclic amines) is 1. The standard InChI is InChI=1S/C23H23F3N4O/c1-15-12-20-27-18(13-19(23(24,25)26)30(20)28-15)16-6-5-11-29(14-16)21(31)22(9-10-22)17-7-3-2-4-8-17/h2-4,7-8,12-13,16H,5-6,9-11,14H2,1H3/t16-/m0/s1. The van der Waals surface area contributed by atoms with E-state index in [2.05, 4.69) is 10.1 Å². The van der Waals surface area contributed by atoms with Crippen molar-refractivity contribution in [3.63, 3.8) is 0 Å². The molecule has 2 aliphatic rings. The lowest BCUT2D eigenvalue weighted by atomic mass is 9.90. The highest BCUT2D eigenvalue weighted by atomic mass is 19.4. The molecule has 8 heteroatoms. The second-order valence-electron chi connectivity index (χ2n) is 8.66. The molecule has 31 heavy (non-hydrogen) atoms. The fourth-order valence-electron chi connectivity index (χ4n) is 4.73. The predicted molar refractivity (Wildman–Crippen MR) is 109 cm³/mol. The number of aryl methyl sites for hydroxylation is 1. The molecule has 162 valence electrons. The number of hydrogen-bond acceptors (Lipinski definition) is 3. The number of amides is 1. The second kappa shape index (κ2) is 7.07. The van der Waals surface area contributed by atoms with Crippen LogP contribution < -0.4 is 0 Å². The number of aromatic nitrogens is 3. The van der Waals surface area contributed by atoms with Gasteiger partial charge in [-0.25, -0.2) is 9.50 Å². The Hall–Kier alpha value is -2.90. The van der Waals surface area contributed by atoms with E-state index in [0.717, 1.165) is 35.4 Å². The SMILES string of the molecule is Cc1cc2nc([C@H]3CCCN(C(=O)C4(c5ccccc5)CC4)C3)cc(C(F)(F)F)n2n1. The number of nitrogens with zero attached hydrogens (tertiary/aromatic N) is 4. The number of hydrogen-bond donors (Lipinski definition) is 0. The van der Waals surface area contributed by atoms with Crippen molar-refractivity contribution in [1.29, 1.82) is 0 Å². The maximum absolute atomic E-state index is 13.7. The van der Waals surface area contributed by atoms with Crippen LogP contribution >= 0.6 is 0 Å². The summed E-state index contributed by atoms with van der Waals surface area (Å²) in [6, 6.07) is 12.4. The van der Waals surface area contributed by atoms with Crippen LogP contribution in [0.25, 0.3) is 5.65 Å². The first-order chi connectivity index (χ1) is 14.8. The van der Waals surface area contributed by atoms with E-state index < -0.39 is 17.3 Å². The maximum atomic E-state index is 13.7. The molecule has 1 aromatic carbocycles. The summed E-state index contributed by atoms with van der Waals surface area (Å²) in [6.45, 7) is 2.67. The van der Waals surface area contributed by atoms with E-state index in [4.69, 9.17) is 0 Å². The largest absolute Gasteiger partial charge is 0.433 e. The summed E-state index contributed by atoms with van der Waals surface area (Å²) in [5.41, 5.74) is 0.771. The van der Waals surface area contributed by atoms with Crippen molar-refractivity contribution in [2.45, 2.75) is 50.1 Å². The molecule has 1 aliphatic carbocycles. The zero-order valence-corrected chi connectivity index (χ0v) is 17.2. The van der Waals surface area contributed by atoms with Gasteiger partial charge in [0.1, 0.15) is 5.69 Å². The summed E-state index contributed by atoms with van der Waals surface area (Å²) in [6.07, 6.45) is -1.46. The molecule has 2 aromatic heterocycles. The van der Waals surface area contributed by atoms with E-state index in [0.29, 0.717) is 30.9 Å². The van der Waals surface area contributed by atoms with E-state index in [9.17, 15) is 18.0 Å². The lowest BCUT2D eigenvalue weighted by Crippen LogP contribution is -2.44. The zero-order chi connectivity index (χ0) is 21.8. The van der Waals surface area contributed by atoms with Crippen LogP contribution in [0.3, 0.4) is 0 Å². The Kier molecular flexibility index (Phi) is 4.57. The van der Waals surface area contributed by atoms with Gasteiger partial charge in [-0.1, -0.05) is 30.3 Å². The third-order valence-corrected chi connectivity index (χ3v) is 6.47. The Morgan fingerprint density at radius 1 is 1.16 bits per heavy atom. The van der Waals surface area contributed by atoms with Crippen molar-refractivity contribution in [2.75, 3.05) is 13.1 Å². The van der Waals surface area contributed by atoms with Crippen LogP contribution in [0.2, 0.25) is 0 Å². The number of benzene rings is 1. The lowest BCUT2D eigenvalue weighted by molar-refractivity contribution is -0.143. The Morgan fingerprint density at radius 3 is 2.58 bits per heavy atom. The van der Waals surface area contributed by atoms with Gasteiger partial charge in [0.25, 0.3) is 0 Å². The molecule has 1 aliphatic heterocycles. The van der Waals surface area contributed by atoms with Crippen molar-refractivity contribution >= 4 is 11.6 Å². The number of rotatable bonds is 3. The molecular formula is C23H23F3N4O. The minimum atomic E-state index is -4.54. The van der Waals surface area contributed by atoms with Crippen LogP contribution in [0.15, 0.2) is 42.5 Å². The maximum Gasteiger partial charge on any atom is 0.433 e. The van der Waals surface area contributed by atoms with E-state index in [1.54, 1.807) is 13.0 Å². The first-order valence-corrected chi connectivity index (χ1v) is 10.6. The molecule has 5 rings (SSSR count). The molecule has 3 heterocycles. The average Bonchev–Trinajstić information content (AvgIpc) is 3.48. The summed E-state index contributed by atoms with van der Waals surface area (Å²) in [5, 5.41) is 3.95. The fourth-order valence-corrected chi connectivity index (χ4v) is 4.73. The molecule has 0 spiro atoms. The van der Waals surface area contributed by atoms with Crippen molar-refractivity contribution in [3.05, 3.63) is 65.1 Å². The Bertz CT molecular complexity index is 1130. The molecule has 1 saturated carbocycles. The van der Waals surface area contributed by atoms with Gasteiger partial charge in [-0.3, -0.25) is 4.79 Å². The summed E-state index contributed by atoms with van der Waals surface area (Å²) < 4.78 is 41.9. The number of halogens is 3. The van der Waals surface area contributed by atoms with Crippen LogP contribution in [-0.2, 0) is 16.4 Å². The topological polar surface area (TPSA) is 50.5 Å². The van der Waals surface area contributed by atoms with Crippen LogP contribution in [0.4, 0.5) is 13.2 Å². The monoisotopic (exact) mass is 428 g/mol. The minimum Gasteiger partial charge on any atom is -0.341 e. The van der Waals surface area contributed by atoms with Crippen LogP contribution in [0.1, 0.15) is 54.2 Å². The quantitative estimate of drug-likeness (QED) is 0.618. The third kappa shape index (κ3) is 3.47. The van der Waals surface area contributed by atoms with Gasteiger partial charge in [0, 0.05) is 30.8 Å². The molecule has 5 nitrogen and oxygen atoms in total. The molecule has 1 amide bonds. The fraction of sp³-hybridized carbons (Fsp3) is 0.435. The number of piperidine rings is 1. The molecule has 0 unspecified atom stereocenters. The number of carbonyl (C=O) groups is 1. The summed E-state index contributed by atoms with van der Waals surface area (Å²) in [4.78, 5) is 19.7. The summed E-state index contributed by atoms with van der Waals surface area (Å²) in [7, 11) is 0. The third-order valence-electron chi connectivity index (χ3n) is 6.47. The van der Waals surface area contributed by atoms with Gasteiger partial charge in [-0.05, 0) is 44.2 Å². The van der Waals surface area contributed by atoms with Crippen LogP contribution in [0, 0.1) is 6.92 Å². The normalized spacial score (nSPS) is 20.8. The molecule has 0 N–H and O–H groups in total.